The molecule has 4 nitrogen and oxygen atoms in total. The van der Waals surface area contributed by atoms with Gasteiger partial charge in [-0.05, 0) is 44.9 Å². The highest BCUT2D eigenvalue weighted by molar-refractivity contribution is 6.31. The first-order chi connectivity index (χ1) is 9.51. The van der Waals surface area contributed by atoms with Gasteiger partial charge in [-0.15, -0.1) is 12.4 Å². The summed E-state index contributed by atoms with van der Waals surface area (Å²) in [4.78, 5) is 12.4. The van der Waals surface area contributed by atoms with Crippen LogP contribution in [0.1, 0.15) is 25.3 Å². The molecule has 118 valence electrons. The van der Waals surface area contributed by atoms with Gasteiger partial charge in [-0.25, -0.2) is 0 Å². The van der Waals surface area contributed by atoms with Gasteiger partial charge in [-0.2, -0.15) is 0 Å². The molecule has 1 aliphatic rings. The molecule has 2 atom stereocenters. The molecule has 1 heterocycles. The smallest absolute Gasteiger partial charge is 0.227 e. The Balaban J connectivity index is 0.00000220. The Morgan fingerprint density at radius 3 is 2.81 bits per heavy atom. The number of hydrogen-bond donors (Lipinski definition) is 2. The van der Waals surface area contributed by atoms with Crippen molar-refractivity contribution in [2.24, 2.45) is 5.92 Å². The number of amides is 1. The van der Waals surface area contributed by atoms with Crippen LogP contribution in [0.25, 0.3) is 0 Å². The number of rotatable bonds is 3. The molecule has 0 aromatic heterocycles. The Morgan fingerprint density at radius 1 is 1.48 bits per heavy atom. The first-order valence-corrected chi connectivity index (χ1v) is 7.27. The fourth-order valence-electron chi connectivity index (χ4n) is 2.53. The number of methoxy groups -OCH3 is 1. The van der Waals surface area contributed by atoms with Gasteiger partial charge in [-0.3, -0.25) is 4.79 Å². The number of piperidine rings is 1. The number of benzene rings is 1. The van der Waals surface area contributed by atoms with Crippen molar-refractivity contribution in [2.75, 3.05) is 19.0 Å². The highest BCUT2D eigenvalue weighted by Gasteiger charge is 2.25. The number of carbonyl (C=O) groups excluding carboxylic acids is 1. The van der Waals surface area contributed by atoms with Crippen molar-refractivity contribution in [3.63, 3.8) is 0 Å². The van der Waals surface area contributed by atoms with Crippen molar-refractivity contribution in [3.8, 4) is 5.75 Å². The van der Waals surface area contributed by atoms with E-state index in [1.165, 1.54) is 0 Å². The quantitative estimate of drug-likeness (QED) is 0.891. The summed E-state index contributed by atoms with van der Waals surface area (Å²) in [5.41, 5.74) is 1.60. The molecule has 1 saturated heterocycles. The molecule has 0 spiro atoms. The van der Waals surface area contributed by atoms with Crippen molar-refractivity contribution in [1.29, 1.82) is 0 Å². The zero-order chi connectivity index (χ0) is 14.7. The summed E-state index contributed by atoms with van der Waals surface area (Å²) in [6.45, 7) is 4.90. The van der Waals surface area contributed by atoms with Crippen LogP contribution in [0.4, 0.5) is 5.69 Å². The molecule has 1 aliphatic heterocycles. The third-order valence-electron chi connectivity index (χ3n) is 3.73. The lowest BCUT2D eigenvalue weighted by Crippen LogP contribution is -2.40. The van der Waals surface area contributed by atoms with Gasteiger partial charge in [0.2, 0.25) is 5.91 Å². The first kappa shape index (κ1) is 18.1. The average molecular weight is 333 g/mol. The van der Waals surface area contributed by atoms with E-state index in [2.05, 4.69) is 17.6 Å². The summed E-state index contributed by atoms with van der Waals surface area (Å²) in [5.74, 6) is 0.696. The molecule has 6 heteroatoms. The average Bonchev–Trinajstić information content (AvgIpc) is 2.42. The van der Waals surface area contributed by atoms with E-state index in [1.54, 1.807) is 13.2 Å². The fraction of sp³-hybridized carbons (Fsp3) is 0.533. The van der Waals surface area contributed by atoms with E-state index in [0.29, 0.717) is 22.5 Å². The summed E-state index contributed by atoms with van der Waals surface area (Å²) in [6.07, 6.45) is 1.73. The summed E-state index contributed by atoms with van der Waals surface area (Å²) < 4.78 is 5.28. The largest absolute Gasteiger partial charge is 0.495 e. The van der Waals surface area contributed by atoms with Crippen molar-refractivity contribution in [1.82, 2.24) is 5.32 Å². The van der Waals surface area contributed by atoms with Crippen LogP contribution in [0, 0.1) is 12.8 Å². The van der Waals surface area contributed by atoms with Gasteiger partial charge in [0, 0.05) is 23.0 Å². The lowest BCUT2D eigenvalue weighted by atomic mass is 9.92. The van der Waals surface area contributed by atoms with E-state index in [-0.39, 0.29) is 24.2 Å². The van der Waals surface area contributed by atoms with Crippen LogP contribution in [0.3, 0.4) is 0 Å². The lowest BCUT2D eigenvalue weighted by Gasteiger charge is -2.27. The van der Waals surface area contributed by atoms with Crippen LogP contribution < -0.4 is 15.4 Å². The molecule has 21 heavy (non-hydrogen) atoms. The van der Waals surface area contributed by atoms with Gasteiger partial charge in [0.05, 0.1) is 12.8 Å². The second-order valence-corrected chi connectivity index (χ2v) is 5.77. The second-order valence-electron chi connectivity index (χ2n) is 5.37. The molecule has 1 amide bonds. The summed E-state index contributed by atoms with van der Waals surface area (Å²) in [6, 6.07) is 3.97. The highest BCUT2D eigenvalue weighted by atomic mass is 35.5. The number of anilines is 1. The Labute approximate surface area is 137 Å². The molecule has 0 saturated carbocycles. The number of aryl methyl sites for hydroxylation is 1. The molecule has 1 fully saturated rings. The van der Waals surface area contributed by atoms with Gasteiger partial charge in [0.1, 0.15) is 5.75 Å². The van der Waals surface area contributed by atoms with Gasteiger partial charge >= 0.3 is 0 Å². The number of halogens is 2. The van der Waals surface area contributed by atoms with E-state index in [9.17, 15) is 4.79 Å². The minimum atomic E-state index is 0. The van der Waals surface area contributed by atoms with Crippen LogP contribution in [0.5, 0.6) is 5.75 Å². The summed E-state index contributed by atoms with van der Waals surface area (Å²) in [5, 5.41) is 6.95. The van der Waals surface area contributed by atoms with Crippen molar-refractivity contribution in [3.05, 3.63) is 22.7 Å². The molecule has 1 aromatic rings. The van der Waals surface area contributed by atoms with E-state index in [4.69, 9.17) is 16.3 Å². The zero-order valence-electron chi connectivity index (χ0n) is 12.5. The van der Waals surface area contributed by atoms with Gasteiger partial charge < -0.3 is 15.4 Å². The topological polar surface area (TPSA) is 50.4 Å². The van der Waals surface area contributed by atoms with Crippen LogP contribution >= 0.6 is 24.0 Å². The van der Waals surface area contributed by atoms with E-state index < -0.39 is 0 Å². The van der Waals surface area contributed by atoms with E-state index in [0.717, 1.165) is 24.9 Å². The molecule has 2 rings (SSSR count). The first-order valence-electron chi connectivity index (χ1n) is 6.89. The Hall–Kier alpha value is -0.970. The van der Waals surface area contributed by atoms with Crippen LogP contribution in [-0.4, -0.2) is 25.6 Å². The predicted octanol–water partition coefficient (Wildman–Crippen LogP) is 3.41. The number of ether oxygens (including phenoxy) is 1. The standard InChI is InChI=1S/C15H21ClN2O2.ClH/c1-9-6-13(14(20-3)8-12(9)16)18-15(19)11-4-5-17-10(2)7-11;/h6,8,10-11,17H,4-5,7H2,1-3H3,(H,18,19);1H/t10-,11-;/m0./s1. The maximum Gasteiger partial charge on any atom is 0.227 e. The SMILES string of the molecule is COc1cc(Cl)c(C)cc1NC(=O)[C@H]1CCN[C@@H](C)C1.Cl. The summed E-state index contributed by atoms with van der Waals surface area (Å²) >= 11 is 6.07. The molecule has 0 unspecified atom stereocenters. The third-order valence-corrected chi connectivity index (χ3v) is 4.14. The van der Waals surface area contributed by atoms with Crippen molar-refractivity contribution in [2.45, 2.75) is 32.7 Å². The maximum absolute atomic E-state index is 12.4. The lowest BCUT2D eigenvalue weighted by molar-refractivity contribution is -0.120. The molecular formula is C15H22Cl2N2O2. The normalized spacial score (nSPS) is 21.3. The minimum absolute atomic E-state index is 0. The predicted molar refractivity (Wildman–Crippen MR) is 88.8 cm³/mol. The molecule has 0 radical (unpaired) electrons. The molecular weight excluding hydrogens is 311 g/mol. The highest BCUT2D eigenvalue weighted by Crippen LogP contribution is 2.31. The molecule has 0 bridgehead atoms. The van der Waals surface area contributed by atoms with E-state index in [1.807, 2.05) is 13.0 Å². The number of hydrogen-bond acceptors (Lipinski definition) is 3. The maximum atomic E-state index is 12.4. The number of nitrogens with one attached hydrogen (secondary N) is 2. The zero-order valence-corrected chi connectivity index (χ0v) is 14.1. The van der Waals surface area contributed by atoms with Crippen LogP contribution in [0.2, 0.25) is 5.02 Å². The monoisotopic (exact) mass is 332 g/mol. The molecule has 2 N–H and O–H groups in total. The second kappa shape index (κ2) is 7.87. The molecule has 1 aromatic carbocycles. The third kappa shape index (κ3) is 4.50. The van der Waals surface area contributed by atoms with E-state index >= 15 is 0 Å². The minimum Gasteiger partial charge on any atom is -0.495 e. The van der Waals surface area contributed by atoms with Gasteiger partial charge in [-0.1, -0.05) is 11.6 Å². The fourth-order valence-corrected chi connectivity index (χ4v) is 2.69. The Morgan fingerprint density at radius 2 is 2.19 bits per heavy atom. The summed E-state index contributed by atoms with van der Waals surface area (Å²) in [7, 11) is 1.57. The van der Waals surface area contributed by atoms with Gasteiger partial charge in [0.25, 0.3) is 0 Å². The van der Waals surface area contributed by atoms with Crippen molar-refractivity contribution < 1.29 is 9.53 Å². The van der Waals surface area contributed by atoms with Gasteiger partial charge in [0.15, 0.2) is 0 Å². The Bertz CT molecular complexity index is 509. The van der Waals surface area contributed by atoms with Crippen LogP contribution in [0.15, 0.2) is 12.1 Å². The number of carbonyl (C=O) groups is 1. The van der Waals surface area contributed by atoms with Crippen molar-refractivity contribution >= 4 is 35.6 Å². The molecule has 0 aliphatic carbocycles. The Kier molecular flexibility index (Phi) is 6.78. The van der Waals surface area contributed by atoms with Crippen LogP contribution in [-0.2, 0) is 4.79 Å².